The second-order valence-corrected chi connectivity index (χ2v) is 6.74. The number of nitrogens with zero attached hydrogens (tertiary/aromatic N) is 4. The summed E-state index contributed by atoms with van der Waals surface area (Å²) in [5.74, 6) is 0.647. The molecule has 5 nitrogen and oxygen atoms in total. The van der Waals surface area contributed by atoms with E-state index in [0.29, 0.717) is 17.5 Å². The highest BCUT2D eigenvalue weighted by Gasteiger charge is 2.19. The van der Waals surface area contributed by atoms with Crippen molar-refractivity contribution < 1.29 is 0 Å². The van der Waals surface area contributed by atoms with Crippen LogP contribution in [-0.2, 0) is 6.54 Å². The summed E-state index contributed by atoms with van der Waals surface area (Å²) in [6.45, 7) is 4.57. The first-order chi connectivity index (χ1) is 12.5. The monoisotopic (exact) mass is 364 g/mol. The van der Waals surface area contributed by atoms with E-state index in [0.717, 1.165) is 28.1 Å². The molecule has 0 N–H and O–H groups in total. The van der Waals surface area contributed by atoms with E-state index in [2.05, 4.69) is 9.97 Å². The van der Waals surface area contributed by atoms with Crippen LogP contribution in [0.4, 0.5) is 0 Å². The zero-order valence-electron chi connectivity index (χ0n) is 14.5. The fraction of sp³-hybridized carbons (Fsp3) is 0.150. The smallest absolute Gasteiger partial charge is 0.327 e. The predicted molar refractivity (Wildman–Crippen MR) is 102 cm³/mol. The summed E-state index contributed by atoms with van der Waals surface area (Å²) in [4.78, 5) is 21.1. The van der Waals surface area contributed by atoms with Crippen LogP contribution < -0.4 is 5.69 Å². The third-order valence-electron chi connectivity index (χ3n) is 4.40. The van der Waals surface area contributed by atoms with E-state index in [4.69, 9.17) is 11.6 Å². The molecule has 0 bridgehead atoms. The summed E-state index contributed by atoms with van der Waals surface area (Å²) < 4.78 is 3.62. The molecule has 2 aliphatic rings. The van der Waals surface area contributed by atoms with Crippen molar-refractivity contribution in [2.75, 3.05) is 0 Å². The SMILES string of the molecule is Cc1ccc(C)c(-n2c3cccn(Cc4ccc(Cl)nc4)c-3nc2=O)c1. The highest BCUT2D eigenvalue weighted by atomic mass is 35.5. The summed E-state index contributed by atoms with van der Waals surface area (Å²) in [5, 5.41) is 0.456. The lowest BCUT2D eigenvalue weighted by Crippen LogP contribution is -2.15. The average Bonchev–Trinajstić information content (AvgIpc) is 2.96. The normalized spacial score (nSPS) is 11.2. The van der Waals surface area contributed by atoms with Gasteiger partial charge in [-0.3, -0.25) is 4.57 Å². The molecular formula is C20H17ClN4O. The van der Waals surface area contributed by atoms with Gasteiger partial charge in [0, 0.05) is 12.4 Å². The Balaban J connectivity index is 1.82. The van der Waals surface area contributed by atoms with Gasteiger partial charge in [0.1, 0.15) is 5.15 Å². The molecule has 0 spiro atoms. The van der Waals surface area contributed by atoms with E-state index < -0.39 is 0 Å². The predicted octanol–water partition coefficient (Wildman–Crippen LogP) is 3.85. The first kappa shape index (κ1) is 16.5. The number of hydrogen-bond acceptors (Lipinski definition) is 3. The van der Waals surface area contributed by atoms with E-state index in [1.807, 2.05) is 61.0 Å². The number of imidazole rings is 1. The minimum atomic E-state index is -0.275. The van der Waals surface area contributed by atoms with Crippen molar-refractivity contribution in [3.8, 4) is 17.2 Å². The highest BCUT2D eigenvalue weighted by molar-refractivity contribution is 6.29. The summed E-state index contributed by atoms with van der Waals surface area (Å²) >= 11 is 5.85. The zero-order chi connectivity index (χ0) is 18.3. The molecule has 26 heavy (non-hydrogen) atoms. The summed E-state index contributed by atoms with van der Waals surface area (Å²) in [7, 11) is 0. The van der Waals surface area contributed by atoms with E-state index >= 15 is 0 Å². The fourth-order valence-electron chi connectivity index (χ4n) is 3.09. The van der Waals surface area contributed by atoms with Gasteiger partial charge in [0.05, 0.1) is 17.9 Å². The van der Waals surface area contributed by atoms with Crippen LogP contribution >= 0.6 is 11.6 Å². The summed E-state index contributed by atoms with van der Waals surface area (Å²) in [5.41, 5.74) is 4.49. The van der Waals surface area contributed by atoms with E-state index in [9.17, 15) is 4.79 Å². The molecule has 0 fully saturated rings. The molecule has 1 aromatic heterocycles. The van der Waals surface area contributed by atoms with Crippen molar-refractivity contribution in [1.29, 1.82) is 0 Å². The van der Waals surface area contributed by atoms with Gasteiger partial charge in [0.15, 0.2) is 5.82 Å². The zero-order valence-corrected chi connectivity index (χ0v) is 15.2. The van der Waals surface area contributed by atoms with Crippen LogP contribution in [0.3, 0.4) is 0 Å². The first-order valence-corrected chi connectivity index (χ1v) is 8.67. The lowest BCUT2D eigenvalue weighted by Gasteiger charge is -2.14. The highest BCUT2D eigenvalue weighted by Crippen LogP contribution is 2.24. The number of pyridine rings is 2. The number of benzene rings is 1. The number of hydrogen-bond donors (Lipinski definition) is 0. The molecule has 6 heteroatoms. The van der Waals surface area contributed by atoms with Crippen molar-refractivity contribution in [3.63, 3.8) is 0 Å². The third kappa shape index (κ3) is 2.91. The lowest BCUT2D eigenvalue weighted by atomic mass is 10.1. The Labute approximate surface area is 155 Å². The van der Waals surface area contributed by atoms with Gasteiger partial charge in [0.25, 0.3) is 0 Å². The topological polar surface area (TPSA) is 52.7 Å². The molecule has 0 saturated heterocycles. The number of halogens is 1. The Kier molecular flexibility index (Phi) is 4.09. The Morgan fingerprint density at radius 1 is 1.12 bits per heavy atom. The van der Waals surface area contributed by atoms with Gasteiger partial charge in [-0.2, -0.15) is 4.98 Å². The molecule has 2 aromatic rings. The van der Waals surface area contributed by atoms with Gasteiger partial charge in [-0.05, 0) is 54.8 Å². The van der Waals surface area contributed by atoms with Gasteiger partial charge < -0.3 is 4.57 Å². The minimum absolute atomic E-state index is 0.275. The number of aromatic nitrogens is 4. The Morgan fingerprint density at radius 3 is 2.73 bits per heavy atom. The standard InChI is InChI=1S/C20H17ClN4O/c1-13-5-6-14(2)17(10-13)25-16-4-3-9-24(19(16)23-20(25)26)12-15-7-8-18(21)22-11-15/h3-11H,12H2,1-2H3. The van der Waals surface area contributed by atoms with Gasteiger partial charge in [-0.15, -0.1) is 0 Å². The average molecular weight is 365 g/mol. The second kappa shape index (κ2) is 6.42. The molecular weight excluding hydrogens is 348 g/mol. The first-order valence-electron chi connectivity index (χ1n) is 8.29. The summed E-state index contributed by atoms with van der Waals surface area (Å²) in [6.07, 6.45) is 3.64. The molecule has 0 radical (unpaired) electrons. The molecule has 0 saturated carbocycles. The molecule has 4 rings (SSSR count). The third-order valence-corrected chi connectivity index (χ3v) is 4.63. The van der Waals surface area contributed by atoms with Crippen LogP contribution in [0, 0.1) is 13.8 Å². The van der Waals surface area contributed by atoms with Gasteiger partial charge in [0.2, 0.25) is 0 Å². The quantitative estimate of drug-likeness (QED) is 0.519. The van der Waals surface area contributed by atoms with Gasteiger partial charge >= 0.3 is 5.69 Å². The van der Waals surface area contributed by atoms with Crippen LogP contribution in [0.15, 0.2) is 59.7 Å². The van der Waals surface area contributed by atoms with Crippen molar-refractivity contribution >= 4 is 11.6 Å². The van der Waals surface area contributed by atoms with Crippen molar-refractivity contribution in [3.05, 3.63) is 87.2 Å². The molecule has 130 valence electrons. The second-order valence-electron chi connectivity index (χ2n) is 6.35. The maximum absolute atomic E-state index is 12.7. The molecule has 0 amide bonds. The molecule has 2 aliphatic heterocycles. The van der Waals surface area contributed by atoms with Crippen molar-refractivity contribution in [2.45, 2.75) is 20.4 Å². The van der Waals surface area contributed by atoms with Crippen LogP contribution in [0.2, 0.25) is 5.15 Å². The van der Waals surface area contributed by atoms with E-state index in [1.165, 1.54) is 0 Å². The lowest BCUT2D eigenvalue weighted by molar-refractivity contribution is 0.779. The Hall–Kier alpha value is -2.92. The molecule has 0 aliphatic carbocycles. The maximum Gasteiger partial charge on any atom is 0.354 e. The largest absolute Gasteiger partial charge is 0.354 e. The van der Waals surface area contributed by atoms with Crippen LogP contribution in [0.25, 0.3) is 17.2 Å². The van der Waals surface area contributed by atoms with Gasteiger partial charge in [-0.1, -0.05) is 29.8 Å². The molecule has 0 unspecified atom stereocenters. The van der Waals surface area contributed by atoms with Crippen molar-refractivity contribution in [2.24, 2.45) is 0 Å². The maximum atomic E-state index is 12.7. The fourth-order valence-corrected chi connectivity index (χ4v) is 3.20. The van der Waals surface area contributed by atoms with Crippen LogP contribution in [0.5, 0.6) is 0 Å². The van der Waals surface area contributed by atoms with Crippen LogP contribution in [-0.4, -0.2) is 19.1 Å². The van der Waals surface area contributed by atoms with Crippen LogP contribution in [0.1, 0.15) is 16.7 Å². The Morgan fingerprint density at radius 2 is 1.96 bits per heavy atom. The van der Waals surface area contributed by atoms with E-state index in [1.54, 1.807) is 16.8 Å². The molecule has 3 heterocycles. The number of rotatable bonds is 3. The molecule has 1 aromatic carbocycles. The molecule has 0 atom stereocenters. The minimum Gasteiger partial charge on any atom is -0.327 e. The van der Waals surface area contributed by atoms with Gasteiger partial charge in [-0.25, -0.2) is 9.78 Å². The van der Waals surface area contributed by atoms with E-state index in [-0.39, 0.29) is 5.69 Å². The Bertz CT molecular complexity index is 1110. The number of aryl methyl sites for hydroxylation is 2. The summed E-state index contributed by atoms with van der Waals surface area (Å²) in [6, 6.07) is 13.6. The van der Waals surface area contributed by atoms with Crippen molar-refractivity contribution in [1.82, 2.24) is 19.1 Å². The number of fused-ring (bicyclic) bond motifs is 1.